The van der Waals surface area contributed by atoms with Gasteiger partial charge in [-0.05, 0) is 49.9 Å². The van der Waals surface area contributed by atoms with E-state index in [1.807, 2.05) is 6.08 Å². The molecule has 0 heterocycles. The number of allylic oxidation sites excluding steroid dienone is 1. The molecule has 3 nitrogen and oxygen atoms in total. The monoisotopic (exact) mass is 234 g/mol. The van der Waals surface area contributed by atoms with E-state index in [9.17, 15) is 4.79 Å². The number of aromatic carboxylic acids is 1. The van der Waals surface area contributed by atoms with Gasteiger partial charge in [-0.25, -0.2) is 4.79 Å². The third-order valence-electron chi connectivity index (χ3n) is 2.42. The minimum absolute atomic E-state index is 0.281. The van der Waals surface area contributed by atoms with Gasteiger partial charge in [0.2, 0.25) is 0 Å². The molecule has 0 bridgehead atoms. The number of ether oxygens (including phenoxy) is 1. The molecule has 17 heavy (non-hydrogen) atoms. The van der Waals surface area contributed by atoms with Crippen LogP contribution >= 0.6 is 0 Å². The van der Waals surface area contributed by atoms with Crippen LogP contribution in [0.5, 0.6) is 5.75 Å². The van der Waals surface area contributed by atoms with E-state index in [-0.39, 0.29) is 5.56 Å². The summed E-state index contributed by atoms with van der Waals surface area (Å²) in [5, 5.41) is 8.72. The van der Waals surface area contributed by atoms with Crippen molar-refractivity contribution < 1.29 is 14.6 Å². The molecule has 1 rings (SSSR count). The molecule has 3 heteroatoms. The van der Waals surface area contributed by atoms with E-state index >= 15 is 0 Å². The van der Waals surface area contributed by atoms with Gasteiger partial charge in [-0.3, -0.25) is 0 Å². The molecule has 0 radical (unpaired) electrons. The SMILES string of the molecule is C=CCCCCCOc1ccc(C(=O)O)cc1. The average molecular weight is 234 g/mol. The smallest absolute Gasteiger partial charge is 0.335 e. The zero-order valence-electron chi connectivity index (χ0n) is 9.89. The summed E-state index contributed by atoms with van der Waals surface area (Å²) in [7, 11) is 0. The Hall–Kier alpha value is -1.77. The fourth-order valence-corrected chi connectivity index (χ4v) is 1.45. The molecule has 0 aromatic heterocycles. The van der Waals surface area contributed by atoms with Gasteiger partial charge >= 0.3 is 5.97 Å². The second-order valence-electron chi connectivity index (χ2n) is 3.82. The summed E-state index contributed by atoms with van der Waals surface area (Å²) in [5.41, 5.74) is 0.281. The molecular weight excluding hydrogens is 216 g/mol. The Morgan fingerprint density at radius 3 is 2.53 bits per heavy atom. The molecule has 0 spiro atoms. The summed E-state index contributed by atoms with van der Waals surface area (Å²) >= 11 is 0. The van der Waals surface area contributed by atoms with Gasteiger partial charge in [-0.2, -0.15) is 0 Å². The van der Waals surface area contributed by atoms with Crippen molar-refractivity contribution in [2.45, 2.75) is 25.7 Å². The zero-order chi connectivity index (χ0) is 12.5. The molecule has 0 aliphatic rings. The van der Waals surface area contributed by atoms with Crippen molar-refractivity contribution >= 4 is 5.97 Å². The highest BCUT2D eigenvalue weighted by Gasteiger charge is 2.01. The van der Waals surface area contributed by atoms with Crippen LogP contribution in [0.15, 0.2) is 36.9 Å². The minimum Gasteiger partial charge on any atom is -0.494 e. The molecule has 0 saturated carbocycles. The minimum atomic E-state index is -0.916. The molecular formula is C14H18O3. The second kappa shape index (κ2) is 7.49. The first-order valence-corrected chi connectivity index (χ1v) is 5.81. The summed E-state index contributed by atoms with van der Waals surface area (Å²) < 4.78 is 5.50. The summed E-state index contributed by atoms with van der Waals surface area (Å²) in [5.74, 6) is -0.195. The van der Waals surface area contributed by atoms with Crippen molar-refractivity contribution in [3.05, 3.63) is 42.5 Å². The van der Waals surface area contributed by atoms with Crippen molar-refractivity contribution in [3.8, 4) is 5.75 Å². The number of hydrogen-bond acceptors (Lipinski definition) is 2. The standard InChI is InChI=1S/C14H18O3/c1-2-3-4-5-6-11-17-13-9-7-12(8-10-13)14(15)16/h2,7-10H,1,3-6,11H2,(H,15,16). The predicted molar refractivity (Wildman–Crippen MR) is 67.6 cm³/mol. The van der Waals surface area contributed by atoms with Crippen LogP contribution in [0.3, 0.4) is 0 Å². The summed E-state index contributed by atoms with van der Waals surface area (Å²) in [6.45, 7) is 4.34. The fourth-order valence-electron chi connectivity index (χ4n) is 1.45. The van der Waals surface area contributed by atoms with Crippen molar-refractivity contribution in [1.29, 1.82) is 0 Å². The van der Waals surface area contributed by atoms with Crippen LogP contribution in [-0.4, -0.2) is 17.7 Å². The number of benzene rings is 1. The Kier molecular flexibility index (Phi) is 5.86. The molecule has 0 aliphatic heterocycles. The van der Waals surface area contributed by atoms with Gasteiger partial charge < -0.3 is 9.84 Å². The van der Waals surface area contributed by atoms with Gasteiger partial charge in [0.05, 0.1) is 12.2 Å². The van der Waals surface area contributed by atoms with E-state index in [1.165, 1.54) is 0 Å². The molecule has 0 saturated heterocycles. The van der Waals surface area contributed by atoms with Crippen molar-refractivity contribution in [1.82, 2.24) is 0 Å². The molecule has 1 aromatic carbocycles. The van der Waals surface area contributed by atoms with Crippen LogP contribution < -0.4 is 4.74 Å². The van der Waals surface area contributed by atoms with Crippen molar-refractivity contribution in [2.75, 3.05) is 6.61 Å². The third kappa shape index (κ3) is 5.20. The van der Waals surface area contributed by atoms with E-state index in [2.05, 4.69) is 6.58 Å². The van der Waals surface area contributed by atoms with E-state index in [0.717, 1.165) is 31.4 Å². The molecule has 0 unspecified atom stereocenters. The highest BCUT2D eigenvalue weighted by atomic mass is 16.5. The lowest BCUT2D eigenvalue weighted by Gasteiger charge is -2.05. The highest BCUT2D eigenvalue weighted by molar-refractivity contribution is 5.87. The summed E-state index contributed by atoms with van der Waals surface area (Å²) in [6, 6.07) is 6.48. The van der Waals surface area contributed by atoms with Crippen LogP contribution in [0.2, 0.25) is 0 Å². The second-order valence-corrected chi connectivity index (χ2v) is 3.82. The number of unbranched alkanes of at least 4 members (excludes halogenated alkanes) is 3. The lowest BCUT2D eigenvalue weighted by Crippen LogP contribution is -1.99. The zero-order valence-corrected chi connectivity index (χ0v) is 9.89. The maximum absolute atomic E-state index is 10.6. The molecule has 0 atom stereocenters. The molecule has 0 aliphatic carbocycles. The first-order chi connectivity index (χ1) is 8.24. The van der Waals surface area contributed by atoms with Gasteiger partial charge in [-0.15, -0.1) is 6.58 Å². The van der Waals surface area contributed by atoms with Crippen LogP contribution in [0.1, 0.15) is 36.0 Å². The van der Waals surface area contributed by atoms with Crippen LogP contribution in [0, 0.1) is 0 Å². The predicted octanol–water partition coefficient (Wildman–Crippen LogP) is 3.51. The lowest BCUT2D eigenvalue weighted by molar-refractivity contribution is 0.0697. The Labute approximate surface area is 102 Å². The van der Waals surface area contributed by atoms with Crippen LogP contribution in [0.4, 0.5) is 0 Å². The number of carboxylic acids is 1. The Morgan fingerprint density at radius 1 is 1.24 bits per heavy atom. The number of carbonyl (C=O) groups is 1. The third-order valence-corrected chi connectivity index (χ3v) is 2.42. The first kappa shape index (κ1) is 13.3. The van der Waals surface area contributed by atoms with Gasteiger partial charge in [0.15, 0.2) is 0 Å². The Bertz CT molecular complexity index is 354. The Morgan fingerprint density at radius 2 is 1.94 bits per heavy atom. The van der Waals surface area contributed by atoms with E-state index < -0.39 is 5.97 Å². The van der Waals surface area contributed by atoms with Gasteiger partial charge in [0.1, 0.15) is 5.75 Å². The average Bonchev–Trinajstić information content (AvgIpc) is 2.34. The molecule has 92 valence electrons. The van der Waals surface area contributed by atoms with E-state index in [1.54, 1.807) is 24.3 Å². The van der Waals surface area contributed by atoms with Crippen LogP contribution in [0.25, 0.3) is 0 Å². The van der Waals surface area contributed by atoms with Crippen molar-refractivity contribution in [2.24, 2.45) is 0 Å². The molecule has 0 amide bonds. The fraction of sp³-hybridized carbons (Fsp3) is 0.357. The molecule has 1 aromatic rings. The maximum Gasteiger partial charge on any atom is 0.335 e. The maximum atomic E-state index is 10.6. The van der Waals surface area contributed by atoms with Crippen LogP contribution in [-0.2, 0) is 0 Å². The summed E-state index contributed by atoms with van der Waals surface area (Å²) in [4.78, 5) is 10.6. The lowest BCUT2D eigenvalue weighted by atomic mass is 10.2. The first-order valence-electron chi connectivity index (χ1n) is 5.81. The van der Waals surface area contributed by atoms with Crippen molar-refractivity contribution in [3.63, 3.8) is 0 Å². The summed E-state index contributed by atoms with van der Waals surface area (Å²) in [6.07, 6.45) is 6.25. The number of hydrogen-bond donors (Lipinski definition) is 1. The van der Waals surface area contributed by atoms with Gasteiger partial charge in [0.25, 0.3) is 0 Å². The largest absolute Gasteiger partial charge is 0.494 e. The molecule has 1 N–H and O–H groups in total. The Balaban J connectivity index is 2.23. The normalized spacial score (nSPS) is 9.88. The van der Waals surface area contributed by atoms with Gasteiger partial charge in [0, 0.05) is 0 Å². The van der Waals surface area contributed by atoms with Gasteiger partial charge in [-0.1, -0.05) is 6.08 Å². The van der Waals surface area contributed by atoms with E-state index in [4.69, 9.17) is 9.84 Å². The highest BCUT2D eigenvalue weighted by Crippen LogP contribution is 2.13. The topological polar surface area (TPSA) is 46.5 Å². The number of carboxylic acid groups (broad SMARTS) is 1. The molecule has 0 fully saturated rings. The number of rotatable bonds is 8. The quantitative estimate of drug-likeness (QED) is 0.553. The van der Waals surface area contributed by atoms with E-state index in [0.29, 0.717) is 6.61 Å².